The van der Waals surface area contributed by atoms with Crippen molar-refractivity contribution in [3.63, 3.8) is 0 Å². The predicted molar refractivity (Wildman–Crippen MR) is 213 cm³/mol. The minimum Gasteiger partial charge on any atom is -0.309 e. The molecule has 0 fully saturated rings. The number of hydrogen-bond acceptors (Lipinski definition) is 0. The molecule has 232 valence electrons. The van der Waals surface area contributed by atoms with Crippen LogP contribution in [0.25, 0.3) is 98.4 Å². The van der Waals surface area contributed by atoms with Gasteiger partial charge in [-0.1, -0.05) is 133 Å². The van der Waals surface area contributed by atoms with Gasteiger partial charge >= 0.3 is 0 Å². The maximum atomic E-state index is 2.44. The van der Waals surface area contributed by atoms with Gasteiger partial charge < -0.3 is 9.13 Å². The average molecular weight is 635 g/mol. The third kappa shape index (κ3) is 3.85. The summed E-state index contributed by atoms with van der Waals surface area (Å²) >= 11 is 0. The molecular weight excluding hydrogens is 605 g/mol. The summed E-state index contributed by atoms with van der Waals surface area (Å²) in [5.41, 5.74) is 9.67. The first-order valence-corrected chi connectivity index (χ1v) is 17.3. The van der Waals surface area contributed by atoms with Crippen molar-refractivity contribution in [3.05, 3.63) is 182 Å². The Kier molecular flexibility index (Phi) is 5.70. The Labute approximate surface area is 288 Å². The standard InChI is InChI=1S/C48H30N2/c1-4-14-37-32(10-1)13-9-19-42(37)50-43-18-8-7-17-40(43)41-30-35(24-27-44(41)50)31-20-25-36(26-21-31)49-45-28-22-33-11-2-5-15-38(33)47(45)48-39-16-6-3-12-34(39)23-29-46(48)49/h1-30H. The first kappa shape index (κ1) is 27.3. The molecule has 9 aromatic carbocycles. The summed E-state index contributed by atoms with van der Waals surface area (Å²) in [4.78, 5) is 0. The van der Waals surface area contributed by atoms with Crippen molar-refractivity contribution in [2.24, 2.45) is 0 Å². The molecule has 0 saturated carbocycles. The lowest BCUT2D eigenvalue weighted by molar-refractivity contribution is 1.18. The molecule has 2 heteroatoms. The van der Waals surface area contributed by atoms with Gasteiger partial charge in [-0.15, -0.1) is 0 Å². The predicted octanol–water partition coefficient (Wildman–Crippen LogP) is 13.0. The van der Waals surface area contributed by atoms with Crippen LogP contribution in [-0.2, 0) is 0 Å². The molecule has 0 saturated heterocycles. The van der Waals surface area contributed by atoms with Crippen LogP contribution >= 0.6 is 0 Å². The van der Waals surface area contributed by atoms with Gasteiger partial charge in [-0.3, -0.25) is 0 Å². The van der Waals surface area contributed by atoms with Crippen LogP contribution < -0.4 is 0 Å². The van der Waals surface area contributed by atoms with Crippen molar-refractivity contribution >= 4 is 75.9 Å². The topological polar surface area (TPSA) is 9.86 Å². The molecule has 0 radical (unpaired) electrons. The first-order valence-electron chi connectivity index (χ1n) is 17.3. The summed E-state index contributed by atoms with van der Waals surface area (Å²) in [7, 11) is 0. The summed E-state index contributed by atoms with van der Waals surface area (Å²) in [6.07, 6.45) is 0. The molecule has 0 aliphatic heterocycles. The molecule has 0 bridgehead atoms. The second kappa shape index (κ2) is 10.4. The highest BCUT2D eigenvalue weighted by molar-refractivity contribution is 6.28. The summed E-state index contributed by atoms with van der Waals surface area (Å²) in [5, 5.41) is 12.8. The second-order valence-electron chi connectivity index (χ2n) is 13.3. The average Bonchev–Trinajstić information content (AvgIpc) is 3.71. The molecule has 0 spiro atoms. The maximum absolute atomic E-state index is 2.44. The van der Waals surface area contributed by atoms with E-state index in [1.165, 1.54) is 92.7 Å². The van der Waals surface area contributed by atoms with Gasteiger partial charge in [-0.25, -0.2) is 0 Å². The van der Waals surface area contributed by atoms with Gasteiger partial charge in [0.05, 0.1) is 27.8 Å². The Balaban J connectivity index is 1.09. The van der Waals surface area contributed by atoms with Crippen molar-refractivity contribution < 1.29 is 0 Å². The fraction of sp³-hybridized carbons (Fsp3) is 0. The maximum Gasteiger partial charge on any atom is 0.0547 e. The van der Waals surface area contributed by atoms with E-state index in [-0.39, 0.29) is 0 Å². The largest absolute Gasteiger partial charge is 0.309 e. The van der Waals surface area contributed by atoms with Crippen molar-refractivity contribution in [2.75, 3.05) is 0 Å². The van der Waals surface area contributed by atoms with Gasteiger partial charge in [-0.05, 0) is 86.6 Å². The molecule has 0 atom stereocenters. The molecule has 0 aliphatic carbocycles. The molecule has 2 nitrogen and oxygen atoms in total. The summed E-state index contributed by atoms with van der Waals surface area (Å²) in [5.74, 6) is 0. The van der Waals surface area contributed by atoms with Crippen molar-refractivity contribution in [1.29, 1.82) is 0 Å². The van der Waals surface area contributed by atoms with E-state index < -0.39 is 0 Å². The van der Waals surface area contributed by atoms with Crippen LogP contribution in [0.1, 0.15) is 0 Å². The Hall–Kier alpha value is -6.64. The van der Waals surface area contributed by atoms with Crippen LogP contribution in [0.2, 0.25) is 0 Å². The normalized spacial score (nSPS) is 12.0. The Morgan fingerprint density at radius 2 is 0.780 bits per heavy atom. The van der Waals surface area contributed by atoms with E-state index in [2.05, 4.69) is 191 Å². The molecule has 0 amide bonds. The van der Waals surface area contributed by atoms with Gasteiger partial charge in [0.25, 0.3) is 0 Å². The Bertz CT molecular complexity index is 3040. The Morgan fingerprint density at radius 3 is 1.46 bits per heavy atom. The lowest BCUT2D eigenvalue weighted by Crippen LogP contribution is -1.95. The number of benzene rings is 9. The van der Waals surface area contributed by atoms with Crippen molar-refractivity contribution in [3.8, 4) is 22.5 Å². The first-order chi connectivity index (χ1) is 24.8. The third-order valence-corrected chi connectivity index (χ3v) is 10.7. The highest BCUT2D eigenvalue weighted by Crippen LogP contribution is 2.41. The van der Waals surface area contributed by atoms with E-state index in [4.69, 9.17) is 0 Å². The molecule has 50 heavy (non-hydrogen) atoms. The van der Waals surface area contributed by atoms with E-state index in [1.54, 1.807) is 0 Å². The monoisotopic (exact) mass is 634 g/mol. The number of fused-ring (bicyclic) bond motifs is 11. The van der Waals surface area contributed by atoms with Crippen LogP contribution in [0.15, 0.2) is 182 Å². The van der Waals surface area contributed by atoms with E-state index in [1.807, 2.05) is 0 Å². The lowest BCUT2D eigenvalue weighted by Gasteiger charge is -2.12. The van der Waals surface area contributed by atoms with Crippen LogP contribution in [0.5, 0.6) is 0 Å². The number of rotatable bonds is 3. The second-order valence-corrected chi connectivity index (χ2v) is 13.3. The van der Waals surface area contributed by atoms with Gasteiger partial charge in [-0.2, -0.15) is 0 Å². The van der Waals surface area contributed by atoms with Gasteiger partial charge in [0, 0.05) is 32.6 Å². The summed E-state index contributed by atoms with van der Waals surface area (Å²) in [6.45, 7) is 0. The Morgan fingerprint density at radius 1 is 0.280 bits per heavy atom. The van der Waals surface area contributed by atoms with Crippen molar-refractivity contribution in [2.45, 2.75) is 0 Å². The van der Waals surface area contributed by atoms with Gasteiger partial charge in [0.15, 0.2) is 0 Å². The smallest absolute Gasteiger partial charge is 0.0547 e. The third-order valence-electron chi connectivity index (χ3n) is 10.7. The minimum atomic E-state index is 1.16. The lowest BCUT2D eigenvalue weighted by atomic mass is 10.00. The molecular formula is C48H30N2. The zero-order valence-electron chi connectivity index (χ0n) is 27.2. The molecule has 2 heterocycles. The number of hydrogen-bond donors (Lipinski definition) is 0. The fourth-order valence-electron chi connectivity index (χ4n) is 8.44. The van der Waals surface area contributed by atoms with E-state index in [0.717, 1.165) is 5.69 Å². The van der Waals surface area contributed by atoms with Gasteiger partial charge in [0.2, 0.25) is 0 Å². The molecule has 0 unspecified atom stereocenters. The molecule has 11 rings (SSSR count). The molecule has 0 N–H and O–H groups in total. The van der Waals surface area contributed by atoms with Crippen LogP contribution in [0.4, 0.5) is 0 Å². The van der Waals surface area contributed by atoms with E-state index in [0.29, 0.717) is 0 Å². The zero-order chi connectivity index (χ0) is 32.8. The minimum absolute atomic E-state index is 1.16. The SMILES string of the molecule is c1ccc2c(-n3c4ccccc4c4cc(-c5ccc(-n6c7ccc8ccccc8c7c7c8ccccc8ccc76)cc5)ccc43)cccc2c1. The van der Waals surface area contributed by atoms with Crippen LogP contribution in [0.3, 0.4) is 0 Å². The van der Waals surface area contributed by atoms with Crippen LogP contribution in [0, 0.1) is 0 Å². The van der Waals surface area contributed by atoms with Crippen molar-refractivity contribution in [1.82, 2.24) is 9.13 Å². The van der Waals surface area contributed by atoms with E-state index in [9.17, 15) is 0 Å². The number of aromatic nitrogens is 2. The fourth-order valence-corrected chi connectivity index (χ4v) is 8.44. The molecule has 11 aromatic rings. The van der Waals surface area contributed by atoms with E-state index >= 15 is 0 Å². The molecule has 0 aliphatic rings. The quantitative estimate of drug-likeness (QED) is 0.183. The number of nitrogens with zero attached hydrogens (tertiary/aromatic N) is 2. The summed E-state index contributed by atoms with van der Waals surface area (Å²) in [6, 6.07) is 66.7. The highest BCUT2D eigenvalue weighted by atomic mass is 15.0. The highest BCUT2D eigenvalue weighted by Gasteiger charge is 2.18. The molecule has 2 aromatic heterocycles. The number of para-hydroxylation sites is 1. The summed E-state index contributed by atoms with van der Waals surface area (Å²) < 4.78 is 4.86. The van der Waals surface area contributed by atoms with Crippen LogP contribution in [-0.4, -0.2) is 9.13 Å². The van der Waals surface area contributed by atoms with Gasteiger partial charge in [0.1, 0.15) is 0 Å². The zero-order valence-corrected chi connectivity index (χ0v) is 27.2.